The van der Waals surface area contributed by atoms with Crippen molar-refractivity contribution >= 4 is 28.8 Å². The number of hydrogen-bond donors (Lipinski definition) is 2. The summed E-state index contributed by atoms with van der Waals surface area (Å²) in [5.41, 5.74) is 2.13. The average molecular weight is 370 g/mol. The van der Waals surface area contributed by atoms with Gasteiger partial charge in [0.15, 0.2) is 11.5 Å². The molecule has 0 atom stereocenters. The normalized spacial score (nSPS) is 11.1. The maximum Gasteiger partial charge on any atom is 0.336 e. The van der Waals surface area contributed by atoms with E-state index < -0.39 is 5.97 Å². The molecule has 2 aromatic carbocycles. The highest BCUT2D eigenvalue weighted by Gasteiger charge is 2.08. The van der Waals surface area contributed by atoms with Crippen LogP contribution in [0.5, 0.6) is 0 Å². The van der Waals surface area contributed by atoms with Gasteiger partial charge < -0.3 is 14.8 Å². The van der Waals surface area contributed by atoms with Gasteiger partial charge in [0.1, 0.15) is 5.52 Å². The van der Waals surface area contributed by atoms with Crippen molar-refractivity contribution in [3.63, 3.8) is 0 Å². The predicted octanol–water partition coefficient (Wildman–Crippen LogP) is 4.23. The SMILES string of the molecule is O=C(O)c1ccccc1SCCCNCCCc1nc2ccccc2o1. The number of thioether (sulfide) groups is 1. The fourth-order valence-corrected chi connectivity index (χ4v) is 3.66. The number of carboxylic acid groups (broad SMARTS) is 1. The molecule has 2 N–H and O–H groups in total. The first kappa shape index (κ1) is 18.5. The number of nitrogens with zero attached hydrogens (tertiary/aromatic N) is 1. The Bertz CT molecular complexity index is 830. The van der Waals surface area contributed by atoms with Crippen LogP contribution in [0.15, 0.2) is 57.8 Å². The van der Waals surface area contributed by atoms with E-state index in [2.05, 4.69) is 10.3 Å². The molecule has 0 bridgehead atoms. The van der Waals surface area contributed by atoms with Crippen molar-refractivity contribution in [1.82, 2.24) is 10.3 Å². The summed E-state index contributed by atoms with van der Waals surface area (Å²) < 4.78 is 5.70. The van der Waals surface area contributed by atoms with Crippen LogP contribution in [0, 0.1) is 0 Å². The molecule has 3 rings (SSSR count). The average Bonchev–Trinajstić information content (AvgIpc) is 3.07. The highest BCUT2D eigenvalue weighted by molar-refractivity contribution is 7.99. The van der Waals surface area contributed by atoms with Crippen molar-refractivity contribution in [2.75, 3.05) is 18.8 Å². The smallest absolute Gasteiger partial charge is 0.336 e. The molecule has 0 amide bonds. The standard InChI is InChI=1S/C20H22N2O3S/c23-20(24)15-7-1-4-10-18(15)26-14-6-13-21-12-5-11-19-22-16-8-2-3-9-17(16)25-19/h1-4,7-10,21H,5-6,11-14H2,(H,23,24). The van der Waals surface area contributed by atoms with Gasteiger partial charge in [0.2, 0.25) is 0 Å². The molecule has 1 heterocycles. The van der Waals surface area contributed by atoms with Gasteiger partial charge in [-0.3, -0.25) is 0 Å². The third-order valence-corrected chi connectivity index (χ3v) is 5.12. The van der Waals surface area contributed by atoms with E-state index in [4.69, 9.17) is 9.52 Å². The Morgan fingerprint density at radius 3 is 2.69 bits per heavy atom. The molecule has 0 saturated carbocycles. The summed E-state index contributed by atoms with van der Waals surface area (Å²) in [6, 6.07) is 14.9. The van der Waals surface area contributed by atoms with Gasteiger partial charge in [0, 0.05) is 11.3 Å². The van der Waals surface area contributed by atoms with Crippen LogP contribution in [0.4, 0.5) is 0 Å². The lowest BCUT2D eigenvalue weighted by atomic mass is 10.2. The molecular formula is C20H22N2O3S. The molecule has 0 aliphatic rings. The monoisotopic (exact) mass is 370 g/mol. The highest BCUT2D eigenvalue weighted by Crippen LogP contribution is 2.23. The molecule has 5 nitrogen and oxygen atoms in total. The van der Waals surface area contributed by atoms with Gasteiger partial charge in [-0.2, -0.15) is 0 Å². The summed E-state index contributed by atoms with van der Waals surface area (Å²) in [5, 5.41) is 12.6. The van der Waals surface area contributed by atoms with Crippen molar-refractivity contribution in [3.8, 4) is 0 Å². The number of oxazole rings is 1. The molecule has 3 aromatic rings. The molecule has 0 saturated heterocycles. The van der Waals surface area contributed by atoms with E-state index >= 15 is 0 Å². The van der Waals surface area contributed by atoms with Gasteiger partial charge in [-0.1, -0.05) is 24.3 Å². The maximum atomic E-state index is 11.2. The van der Waals surface area contributed by atoms with Crippen molar-refractivity contribution in [3.05, 3.63) is 60.0 Å². The van der Waals surface area contributed by atoms with E-state index in [-0.39, 0.29) is 0 Å². The van der Waals surface area contributed by atoms with Crippen LogP contribution in [0.1, 0.15) is 29.1 Å². The molecule has 0 aliphatic carbocycles. The Labute approximate surface area is 156 Å². The number of fused-ring (bicyclic) bond motifs is 1. The van der Waals surface area contributed by atoms with Crippen LogP contribution in [0.2, 0.25) is 0 Å². The molecule has 0 unspecified atom stereocenters. The lowest BCUT2D eigenvalue weighted by molar-refractivity contribution is 0.0693. The number of aryl methyl sites for hydroxylation is 1. The minimum Gasteiger partial charge on any atom is -0.478 e. The number of benzene rings is 2. The first-order valence-electron chi connectivity index (χ1n) is 8.74. The summed E-state index contributed by atoms with van der Waals surface area (Å²) >= 11 is 1.59. The lowest BCUT2D eigenvalue weighted by Gasteiger charge is -2.06. The number of aromatic carboxylic acids is 1. The number of aromatic nitrogens is 1. The quantitative estimate of drug-likeness (QED) is 0.411. The van der Waals surface area contributed by atoms with Crippen LogP contribution in [0.3, 0.4) is 0 Å². The Balaban J connectivity index is 1.30. The first-order valence-corrected chi connectivity index (χ1v) is 9.73. The summed E-state index contributed by atoms with van der Waals surface area (Å²) in [4.78, 5) is 16.5. The third-order valence-electron chi connectivity index (χ3n) is 3.96. The van der Waals surface area contributed by atoms with Crippen molar-refractivity contribution in [1.29, 1.82) is 0 Å². The van der Waals surface area contributed by atoms with Gasteiger partial charge in [-0.05, 0) is 55.9 Å². The molecule has 136 valence electrons. The molecule has 26 heavy (non-hydrogen) atoms. The van der Waals surface area contributed by atoms with E-state index in [9.17, 15) is 4.79 Å². The van der Waals surface area contributed by atoms with Crippen LogP contribution in [0.25, 0.3) is 11.1 Å². The number of nitrogens with one attached hydrogen (secondary N) is 1. The van der Waals surface area contributed by atoms with E-state index in [0.29, 0.717) is 5.56 Å². The molecule has 0 radical (unpaired) electrons. The Morgan fingerprint density at radius 2 is 1.85 bits per heavy atom. The van der Waals surface area contributed by atoms with E-state index in [1.165, 1.54) is 0 Å². The fraction of sp³-hybridized carbons (Fsp3) is 0.300. The predicted molar refractivity (Wildman–Crippen MR) is 104 cm³/mol. The van der Waals surface area contributed by atoms with Gasteiger partial charge in [0.25, 0.3) is 0 Å². The second-order valence-corrected chi connectivity index (χ2v) is 7.07. The van der Waals surface area contributed by atoms with E-state index in [1.54, 1.807) is 23.9 Å². The van der Waals surface area contributed by atoms with Gasteiger partial charge in [0.05, 0.1) is 5.56 Å². The summed E-state index contributed by atoms with van der Waals surface area (Å²) in [7, 11) is 0. The minimum atomic E-state index is -0.870. The molecule has 1 aromatic heterocycles. The second-order valence-electron chi connectivity index (χ2n) is 5.93. The first-order chi connectivity index (χ1) is 12.7. The van der Waals surface area contributed by atoms with Crippen LogP contribution >= 0.6 is 11.8 Å². The number of carboxylic acids is 1. The van der Waals surface area contributed by atoms with Crippen LogP contribution < -0.4 is 5.32 Å². The van der Waals surface area contributed by atoms with E-state index in [0.717, 1.165) is 60.0 Å². The van der Waals surface area contributed by atoms with Gasteiger partial charge in [-0.15, -0.1) is 11.8 Å². The van der Waals surface area contributed by atoms with E-state index in [1.807, 2.05) is 36.4 Å². The van der Waals surface area contributed by atoms with Crippen molar-refractivity contribution < 1.29 is 14.3 Å². The molecule has 0 spiro atoms. The van der Waals surface area contributed by atoms with Gasteiger partial charge in [-0.25, -0.2) is 9.78 Å². The van der Waals surface area contributed by atoms with Gasteiger partial charge >= 0.3 is 5.97 Å². The van der Waals surface area contributed by atoms with Crippen LogP contribution in [-0.2, 0) is 6.42 Å². The Hall–Kier alpha value is -2.31. The molecule has 0 aliphatic heterocycles. The lowest BCUT2D eigenvalue weighted by Crippen LogP contribution is -2.17. The third kappa shape index (κ3) is 5.09. The zero-order chi connectivity index (χ0) is 18.2. The topological polar surface area (TPSA) is 75.4 Å². The number of para-hydroxylation sites is 2. The molecule has 0 fully saturated rings. The summed E-state index contributed by atoms with van der Waals surface area (Å²) in [5.74, 6) is 0.807. The zero-order valence-electron chi connectivity index (χ0n) is 14.5. The highest BCUT2D eigenvalue weighted by atomic mass is 32.2. The number of hydrogen-bond acceptors (Lipinski definition) is 5. The minimum absolute atomic E-state index is 0.379. The molecule has 6 heteroatoms. The van der Waals surface area contributed by atoms with Crippen LogP contribution in [-0.4, -0.2) is 34.9 Å². The van der Waals surface area contributed by atoms with Crippen molar-refractivity contribution in [2.24, 2.45) is 0 Å². The summed E-state index contributed by atoms with van der Waals surface area (Å²) in [6.45, 7) is 1.82. The Morgan fingerprint density at radius 1 is 1.08 bits per heavy atom. The Kier molecular flexibility index (Phi) is 6.68. The second kappa shape index (κ2) is 9.40. The maximum absolute atomic E-state index is 11.2. The number of carbonyl (C=O) groups is 1. The molecular weight excluding hydrogens is 348 g/mol. The largest absolute Gasteiger partial charge is 0.478 e. The number of rotatable bonds is 10. The van der Waals surface area contributed by atoms with Crippen molar-refractivity contribution in [2.45, 2.75) is 24.2 Å². The zero-order valence-corrected chi connectivity index (χ0v) is 15.3. The summed E-state index contributed by atoms with van der Waals surface area (Å²) in [6.07, 6.45) is 2.78. The fourth-order valence-electron chi connectivity index (χ4n) is 2.66.